The van der Waals surface area contributed by atoms with Crippen molar-refractivity contribution in [3.8, 4) is 0 Å². The fourth-order valence-corrected chi connectivity index (χ4v) is 3.27. The van der Waals surface area contributed by atoms with Crippen LogP contribution >= 0.6 is 0 Å². The molecule has 0 unspecified atom stereocenters. The number of fused-ring (bicyclic) bond motifs is 1. The van der Waals surface area contributed by atoms with Gasteiger partial charge in [-0.1, -0.05) is 17.3 Å². The van der Waals surface area contributed by atoms with Crippen LogP contribution in [0.15, 0.2) is 28.8 Å². The zero-order valence-electron chi connectivity index (χ0n) is 15.4. The van der Waals surface area contributed by atoms with Crippen molar-refractivity contribution >= 4 is 16.7 Å². The van der Waals surface area contributed by atoms with Crippen molar-refractivity contribution in [3.05, 3.63) is 41.8 Å². The van der Waals surface area contributed by atoms with E-state index < -0.39 is 12.2 Å². The molecule has 3 aromatic rings. The number of para-hydroxylation sites is 1. The monoisotopic (exact) mass is 390 g/mol. The number of methoxy groups -OCH3 is 1. The number of ether oxygens (including phenoxy) is 1. The molecule has 1 aliphatic rings. The first-order chi connectivity index (χ1) is 13.6. The van der Waals surface area contributed by atoms with Crippen LogP contribution in [0.25, 0.3) is 10.9 Å². The van der Waals surface area contributed by atoms with Crippen LogP contribution in [-0.4, -0.2) is 58.3 Å². The van der Waals surface area contributed by atoms with Gasteiger partial charge in [0, 0.05) is 38.7 Å². The average molecular weight is 390 g/mol. The van der Waals surface area contributed by atoms with E-state index in [-0.39, 0.29) is 0 Å². The average Bonchev–Trinajstić information content (AvgIpc) is 3.15. The predicted octanol–water partition coefficient (Wildman–Crippen LogP) is 2.42. The summed E-state index contributed by atoms with van der Waals surface area (Å²) in [4.78, 5) is 16.6. The number of hydrogen-bond acceptors (Lipinski definition) is 8. The molecule has 0 aliphatic carbocycles. The minimum atomic E-state index is -2.71. The maximum atomic E-state index is 13.2. The zero-order valence-corrected chi connectivity index (χ0v) is 15.4. The lowest BCUT2D eigenvalue weighted by atomic mass is 10.2. The Bertz CT molecular complexity index is 943. The first-order valence-electron chi connectivity index (χ1n) is 8.96. The molecule has 1 fully saturated rings. The molecule has 0 spiro atoms. The molecule has 1 aromatic carbocycles. The number of alkyl halides is 2. The van der Waals surface area contributed by atoms with E-state index in [0.29, 0.717) is 49.3 Å². The van der Waals surface area contributed by atoms with Gasteiger partial charge in [0.15, 0.2) is 11.6 Å². The van der Waals surface area contributed by atoms with E-state index in [1.807, 2.05) is 17.0 Å². The molecule has 0 radical (unpaired) electrons. The molecule has 148 valence electrons. The third-order valence-corrected chi connectivity index (χ3v) is 4.61. The number of aromatic nitrogens is 4. The maximum absolute atomic E-state index is 13.2. The van der Waals surface area contributed by atoms with Gasteiger partial charge in [-0.25, -0.2) is 18.7 Å². The summed E-state index contributed by atoms with van der Waals surface area (Å²) >= 11 is 0. The van der Waals surface area contributed by atoms with Gasteiger partial charge in [0.2, 0.25) is 5.89 Å². The van der Waals surface area contributed by atoms with Gasteiger partial charge in [-0.3, -0.25) is 4.90 Å². The van der Waals surface area contributed by atoms with Crippen LogP contribution in [0.2, 0.25) is 0 Å². The predicted molar refractivity (Wildman–Crippen MR) is 97.0 cm³/mol. The van der Waals surface area contributed by atoms with Gasteiger partial charge in [-0.2, -0.15) is 4.98 Å². The second kappa shape index (κ2) is 8.11. The standard InChI is InChI=1S/C18H20F2N6O2/c1-27-11-14-22-15(28-24-14)10-25-6-8-26(9-7-25)18-12-4-2-3-5-13(12)21-17(23-18)16(19)20/h2-5,16H,6-11H2,1H3. The lowest BCUT2D eigenvalue weighted by Crippen LogP contribution is -2.46. The summed E-state index contributed by atoms with van der Waals surface area (Å²) in [5.41, 5.74) is 0.529. The van der Waals surface area contributed by atoms with Crippen molar-refractivity contribution < 1.29 is 18.0 Å². The lowest BCUT2D eigenvalue weighted by Gasteiger charge is -2.35. The van der Waals surface area contributed by atoms with E-state index in [0.717, 1.165) is 18.5 Å². The van der Waals surface area contributed by atoms with Crippen molar-refractivity contribution in [1.29, 1.82) is 0 Å². The first kappa shape index (κ1) is 18.6. The van der Waals surface area contributed by atoms with Gasteiger partial charge in [0.1, 0.15) is 12.4 Å². The lowest BCUT2D eigenvalue weighted by molar-refractivity contribution is 0.140. The molecule has 4 rings (SSSR count). The van der Waals surface area contributed by atoms with E-state index in [2.05, 4.69) is 25.0 Å². The molecule has 2 aromatic heterocycles. The molecule has 10 heteroatoms. The summed E-state index contributed by atoms with van der Waals surface area (Å²) in [6.07, 6.45) is -2.71. The number of benzene rings is 1. The summed E-state index contributed by atoms with van der Waals surface area (Å²) in [5.74, 6) is 1.17. The van der Waals surface area contributed by atoms with Crippen LogP contribution in [-0.2, 0) is 17.9 Å². The number of piperazine rings is 1. The Labute approximate surface area is 160 Å². The molecule has 1 saturated heterocycles. The third-order valence-electron chi connectivity index (χ3n) is 4.61. The minimum Gasteiger partial charge on any atom is -0.377 e. The summed E-state index contributed by atoms with van der Waals surface area (Å²) in [6.45, 7) is 3.61. The van der Waals surface area contributed by atoms with E-state index in [1.54, 1.807) is 19.2 Å². The summed E-state index contributed by atoms with van der Waals surface area (Å²) in [7, 11) is 1.57. The fraction of sp³-hybridized carbons (Fsp3) is 0.444. The van der Waals surface area contributed by atoms with Crippen molar-refractivity contribution in [2.75, 3.05) is 38.2 Å². The van der Waals surface area contributed by atoms with Crippen LogP contribution in [0, 0.1) is 0 Å². The Balaban J connectivity index is 1.47. The Morgan fingerprint density at radius 2 is 1.89 bits per heavy atom. The first-order valence-corrected chi connectivity index (χ1v) is 8.96. The van der Waals surface area contributed by atoms with Gasteiger partial charge >= 0.3 is 0 Å². The minimum absolute atomic E-state index is 0.310. The van der Waals surface area contributed by atoms with Gasteiger partial charge in [0.05, 0.1) is 12.1 Å². The highest BCUT2D eigenvalue weighted by Crippen LogP contribution is 2.28. The molecular formula is C18H20F2N6O2. The molecule has 0 amide bonds. The zero-order chi connectivity index (χ0) is 19.5. The Kier molecular flexibility index (Phi) is 5.40. The van der Waals surface area contributed by atoms with Crippen LogP contribution < -0.4 is 4.90 Å². The number of hydrogen-bond donors (Lipinski definition) is 0. The highest BCUT2D eigenvalue weighted by atomic mass is 19.3. The highest BCUT2D eigenvalue weighted by molar-refractivity contribution is 5.89. The Morgan fingerprint density at radius 1 is 1.11 bits per heavy atom. The van der Waals surface area contributed by atoms with E-state index in [1.165, 1.54) is 0 Å². The molecule has 0 bridgehead atoms. The Hall–Kier alpha value is -2.72. The van der Waals surface area contributed by atoms with Crippen LogP contribution in [0.5, 0.6) is 0 Å². The van der Waals surface area contributed by atoms with Crippen LogP contribution in [0.1, 0.15) is 24.0 Å². The quantitative estimate of drug-likeness (QED) is 0.635. The molecule has 3 heterocycles. The van der Waals surface area contributed by atoms with E-state index in [9.17, 15) is 8.78 Å². The van der Waals surface area contributed by atoms with Crippen molar-refractivity contribution in [1.82, 2.24) is 25.0 Å². The Morgan fingerprint density at radius 3 is 2.64 bits per heavy atom. The number of anilines is 1. The molecule has 0 N–H and O–H groups in total. The highest BCUT2D eigenvalue weighted by Gasteiger charge is 2.23. The van der Waals surface area contributed by atoms with Crippen LogP contribution in [0.4, 0.5) is 14.6 Å². The number of halogens is 2. The van der Waals surface area contributed by atoms with Crippen molar-refractivity contribution in [2.45, 2.75) is 19.6 Å². The number of rotatable bonds is 6. The maximum Gasteiger partial charge on any atom is 0.297 e. The van der Waals surface area contributed by atoms with Crippen molar-refractivity contribution in [2.24, 2.45) is 0 Å². The van der Waals surface area contributed by atoms with Gasteiger partial charge in [-0.15, -0.1) is 0 Å². The second-order valence-electron chi connectivity index (χ2n) is 6.52. The molecule has 1 aliphatic heterocycles. The van der Waals surface area contributed by atoms with E-state index >= 15 is 0 Å². The largest absolute Gasteiger partial charge is 0.377 e. The second-order valence-corrected chi connectivity index (χ2v) is 6.52. The van der Waals surface area contributed by atoms with Crippen LogP contribution in [0.3, 0.4) is 0 Å². The fourth-order valence-electron chi connectivity index (χ4n) is 3.27. The summed E-state index contributed by atoms with van der Waals surface area (Å²) in [6, 6.07) is 7.24. The SMILES string of the molecule is COCc1noc(CN2CCN(c3nc(C(F)F)nc4ccccc34)CC2)n1. The van der Waals surface area contributed by atoms with Crippen molar-refractivity contribution in [3.63, 3.8) is 0 Å². The molecule has 0 atom stereocenters. The van der Waals surface area contributed by atoms with Gasteiger partial charge in [-0.05, 0) is 12.1 Å². The third kappa shape index (κ3) is 3.92. The van der Waals surface area contributed by atoms with Gasteiger partial charge < -0.3 is 14.2 Å². The number of nitrogens with zero attached hydrogens (tertiary/aromatic N) is 6. The molecular weight excluding hydrogens is 370 g/mol. The normalized spacial score (nSPS) is 15.6. The summed E-state index contributed by atoms with van der Waals surface area (Å²) in [5, 5.41) is 4.64. The van der Waals surface area contributed by atoms with E-state index in [4.69, 9.17) is 9.26 Å². The molecule has 0 saturated carbocycles. The van der Waals surface area contributed by atoms with Gasteiger partial charge in [0.25, 0.3) is 6.43 Å². The topological polar surface area (TPSA) is 80.4 Å². The molecule has 28 heavy (non-hydrogen) atoms. The smallest absolute Gasteiger partial charge is 0.297 e. The molecule has 8 nitrogen and oxygen atoms in total. The summed E-state index contributed by atoms with van der Waals surface area (Å²) < 4.78 is 36.7.